The van der Waals surface area contributed by atoms with Crippen molar-refractivity contribution in [2.45, 2.75) is 53.5 Å². The van der Waals surface area contributed by atoms with Gasteiger partial charge in [0, 0.05) is 37.6 Å². The quantitative estimate of drug-likeness (QED) is 0.315. The highest BCUT2D eigenvalue weighted by Gasteiger charge is 2.19. The van der Waals surface area contributed by atoms with Gasteiger partial charge in [0.25, 0.3) is 0 Å². The first-order chi connectivity index (χ1) is 17.1. The monoisotopic (exact) mass is 494 g/mol. The van der Waals surface area contributed by atoms with Crippen molar-refractivity contribution in [2.24, 2.45) is 12.5 Å². The van der Waals surface area contributed by atoms with Crippen molar-refractivity contribution in [1.29, 1.82) is 0 Å². The first kappa shape index (κ1) is 25.8. The topological polar surface area (TPSA) is 59.2 Å². The molecule has 4 aromatic rings. The number of hydrogen-bond acceptors (Lipinski definition) is 4. The summed E-state index contributed by atoms with van der Waals surface area (Å²) in [4.78, 5) is 4.43. The molecule has 0 unspecified atom stereocenters. The number of halogens is 2. The lowest BCUT2D eigenvalue weighted by Gasteiger charge is -2.19. The maximum Gasteiger partial charge on any atom is 0.162 e. The summed E-state index contributed by atoms with van der Waals surface area (Å²) in [5, 5.41) is 11.3. The maximum atomic E-state index is 15.1. The SMILES string of the molecule is CNCc1cnc2ccc(-c3ccc(F)c(F)c3CCCc3c(NCC(C)(C)C)nn(C)c3C)cn12. The Balaban J connectivity index is 1.60. The summed E-state index contributed by atoms with van der Waals surface area (Å²) in [6.07, 6.45) is 5.57. The van der Waals surface area contributed by atoms with Gasteiger partial charge in [0.05, 0.1) is 11.9 Å². The van der Waals surface area contributed by atoms with E-state index in [4.69, 9.17) is 0 Å². The van der Waals surface area contributed by atoms with E-state index in [-0.39, 0.29) is 5.41 Å². The van der Waals surface area contributed by atoms with Crippen LogP contribution in [-0.2, 0) is 26.4 Å². The summed E-state index contributed by atoms with van der Waals surface area (Å²) in [5.74, 6) is -0.728. The van der Waals surface area contributed by atoms with Gasteiger partial charge in [-0.05, 0) is 73.5 Å². The van der Waals surface area contributed by atoms with Gasteiger partial charge in [-0.25, -0.2) is 13.8 Å². The maximum absolute atomic E-state index is 15.1. The van der Waals surface area contributed by atoms with Crippen LogP contribution in [0.25, 0.3) is 16.8 Å². The van der Waals surface area contributed by atoms with Crippen LogP contribution >= 0.6 is 0 Å². The Bertz CT molecular complexity index is 1360. The van der Waals surface area contributed by atoms with Crippen LogP contribution in [0.2, 0.25) is 0 Å². The number of aryl methyl sites for hydroxylation is 1. The molecule has 6 nitrogen and oxygen atoms in total. The average Bonchev–Trinajstić information content (AvgIpc) is 3.35. The lowest BCUT2D eigenvalue weighted by molar-refractivity contribution is 0.442. The van der Waals surface area contributed by atoms with Gasteiger partial charge in [-0.1, -0.05) is 26.8 Å². The summed E-state index contributed by atoms with van der Waals surface area (Å²) in [7, 11) is 3.81. The van der Waals surface area contributed by atoms with Crippen LogP contribution in [0.1, 0.15) is 49.7 Å². The van der Waals surface area contributed by atoms with Crippen LogP contribution in [0.15, 0.2) is 36.7 Å². The lowest BCUT2D eigenvalue weighted by atomic mass is 9.95. The van der Waals surface area contributed by atoms with Crippen molar-refractivity contribution in [1.82, 2.24) is 24.5 Å². The van der Waals surface area contributed by atoms with Crippen molar-refractivity contribution < 1.29 is 8.78 Å². The Morgan fingerprint density at radius 1 is 1.03 bits per heavy atom. The summed E-state index contributed by atoms with van der Waals surface area (Å²) in [6.45, 7) is 10.0. The van der Waals surface area contributed by atoms with Crippen molar-refractivity contribution in [2.75, 3.05) is 18.9 Å². The summed E-state index contributed by atoms with van der Waals surface area (Å²) in [5.41, 5.74) is 6.06. The molecular formula is C28H36F2N6. The lowest BCUT2D eigenvalue weighted by Crippen LogP contribution is -2.20. The molecule has 0 amide bonds. The second-order valence-electron chi connectivity index (χ2n) is 10.6. The Morgan fingerprint density at radius 3 is 2.50 bits per heavy atom. The number of benzene rings is 1. The number of nitrogens with one attached hydrogen (secondary N) is 2. The predicted molar refractivity (Wildman–Crippen MR) is 141 cm³/mol. The summed E-state index contributed by atoms with van der Waals surface area (Å²) in [6, 6.07) is 6.71. The Hall–Kier alpha value is -3.26. The van der Waals surface area contributed by atoms with Crippen molar-refractivity contribution in [3.63, 3.8) is 0 Å². The Morgan fingerprint density at radius 2 is 1.78 bits per heavy atom. The number of imidazole rings is 1. The molecule has 1 aromatic carbocycles. The molecule has 0 aliphatic rings. The zero-order chi connectivity index (χ0) is 26.0. The van der Waals surface area contributed by atoms with Crippen LogP contribution in [0.4, 0.5) is 14.6 Å². The first-order valence-corrected chi connectivity index (χ1v) is 12.4. The highest BCUT2D eigenvalue weighted by molar-refractivity contribution is 5.69. The van der Waals surface area contributed by atoms with Crippen LogP contribution in [0, 0.1) is 24.0 Å². The molecule has 192 valence electrons. The number of anilines is 1. The standard InChI is InChI=1S/C28H36F2N6/c1-18-21(27(34-35(18)6)33-17-28(2,3)4)8-7-9-23-22(11-12-24(29)26(23)30)19-10-13-25-32-15-20(14-31-5)36(25)16-19/h10-13,15-16,31H,7-9,14,17H2,1-6H3,(H,33,34). The second kappa shape index (κ2) is 10.4. The normalized spacial score (nSPS) is 12.0. The third kappa shape index (κ3) is 5.43. The van der Waals surface area contributed by atoms with E-state index in [2.05, 4.69) is 41.5 Å². The van der Waals surface area contributed by atoms with Crippen molar-refractivity contribution >= 4 is 11.5 Å². The van der Waals surface area contributed by atoms with Gasteiger partial charge in [0.15, 0.2) is 17.5 Å². The second-order valence-corrected chi connectivity index (χ2v) is 10.6. The van der Waals surface area contributed by atoms with Gasteiger partial charge in [0.1, 0.15) is 5.65 Å². The molecule has 0 saturated carbocycles. The largest absolute Gasteiger partial charge is 0.368 e. The average molecular weight is 495 g/mol. The van der Waals surface area contributed by atoms with E-state index in [1.807, 2.05) is 54.6 Å². The molecule has 3 heterocycles. The van der Waals surface area contributed by atoms with E-state index >= 15 is 4.39 Å². The van der Waals surface area contributed by atoms with E-state index in [0.29, 0.717) is 36.9 Å². The van der Waals surface area contributed by atoms with Crippen molar-refractivity contribution in [3.05, 3.63) is 70.8 Å². The number of pyridine rings is 1. The van der Waals surface area contributed by atoms with E-state index in [1.54, 1.807) is 6.07 Å². The highest BCUT2D eigenvalue weighted by atomic mass is 19.2. The predicted octanol–water partition coefficient (Wildman–Crippen LogP) is 5.67. The number of rotatable bonds is 9. The number of aromatic nitrogens is 4. The van der Waals surface area contributed by atoms with Crippen LogP contribution in [0.3, 0.4) is 0 Å². The minimum atomic E-state index is -0.821. The molecule has 0 saturated heterocycles. The molecule has 0 spiro atoms. The third-order valence-electron chi connectivity index (χ3n) is 6.54. The van der Waals surface area contributed by atoms with Crippen LogP contribution in [0.5, 0.6) is 0 Å². The van der Waals surface area contributed by atoms with Gasteiger partial charge >= 0.3 is 0 Å². The van der Waals surface area contributed by atoms with E-state index in [0.717, 1.165) is 40.5 Å². The minimum absolute atomic E-state index is 0.117. The number of hydrogen-bond donors (Lipinski definition) is 2. The first-order valence-electron chi connectivity index (χ1n) is 12.4. The van der Waals surface area contributed by atoms with Gasteiger partial charge in [-0.3, -0.25) is 4.68 Å². The molecule has 0 atom stereocenters. The van der Waals surface area contributed by atoms with Crippen molar-refractivity contribution in [3.8, 4) is 11.1 Å². The van der Waals surface area contributed by atoms with E-state index in [9.17, 15) is 4.39 Å². The molecule has 0 fully saturated rings. The molecule has 0 radical (unpaired) electrons. The summed E-state index contributed by atoms with van der Waals surface area (Å²) >= 11 is 0. The smallest absolute Gasteiger partial charge is 0.162 e. The number of nitrogens with zero attached hydrogens (tertiary/aromatic N) is 4. The fourth-order valence-electron chi connectivity index (χ4n) is 4.49. The Kier molecular flexibility index (Phi) is 7.45. The van der Waals surface area contributed by atoms with Gasteiger partial charge in [-0.2, -0.15) is 5.10 Å². The molecule has 2 N–H and O–H groups in total. The van der Waals surface area contributed by atoms with Crippen LogP contribution in [-0.4, -0.2) is 32.8 Å². The van der Waals surface area contributed by atoms with E-state index in [1.165, 1.54) is 6.07 Å². The molecule has 0 aliphatic heterocycles. The number of fused-ring (bicyclic) bond motifs is 1. The third-order valence-corrected chi connectivity index (χ3v) is 6.54. The van der Waals surface area contributed by atoms with Crippen LogP contribution < -0.4 is 10.6 Å². The molecular weight excluding hydrogens is 458 g/mol. The molecule has 0 bridgehead atoms. The van der Waals surface area contributed by atoms with Gasteiger partial charge in [-0.15, -0.1) is 0 Å². The molecule has 8 heteroatoms. The fourth-order valence-corrected chi connectivity index (χ4v) is 4.49. The Labute approximate surface area is 211 Å². The molecule has 4 rings (SSSR count). The summed E-state index contributed by atoms with van der Waals surface area (Å²) < 4.78 is 33.3. The molecule has 3 aromatic heterocycles. The molecule has 0 aliphatic carbocycles. The van der Waals surface area contributed by atoms with E-state index < -0.39 is 11.6 Å². The zero-order valence-corrected chi connectivity index (χ0v) is 22.0. The minimum Gasteiger partial charge on any atom is -0.368 e. The zero-order valence-electron chi connectivity index (χ0n) is 22.0. The van der Waals surface area contributed by atoms with Gasteiger partial charge < -0.3 is 15.0 Å². The van der Waals surface area contributed by atoms with Gasteiger partial charge in [0.2, 0.25) is 0 Å². The highest BCUT2D eigenvalue weighted by Crippen LogP contribution is 2.30. The fraction of sp³-hybridized carbons (Fsp3) is 0.429. The molecule has 36 heavy (non-hydrogen) atoms.